The molecule has 5 heteroatoms. The van der Waals surface area contributed by atoms with Crippen molar-refractivity contribution in [2.75, 3.05) is 26.7 Å². The summed E-state index contributed by atoms with van der Waals surface area (Å²) in [5.41, 5.74) is -0.391. The third-order valence-corrected chi connectivity index (χ3v) is 4.13. The fourth-order valence-corrected chi connectivity index (χ4v) is 2.61. The Morgan fingerprint density at radius 3 is 2.32 bits per heavy atom. The van der Waals surface area contributed by atoms with Gasteiger partial charge in [0.1, 0.15) is 6.54 Å². The van der Waals surface area contributed by atoms with Gasteiger partial charge in [0.2, 0.25) is 5.91 Å². The molecule has 1 aliphatic heterocycles. The number of nitrogens with one attached hydrogen (secondary N) is 1. The molecular weight excluding hydrogens is 244 g/mol. The second-order valence-corrected chi connectivity index (χ2v) is 5.84. The molecular formula is C14H26N2O3. The van der Waals surface area contributed by atoms with Gasteiger partial charge in [-0.15, -0.1) is 0 Å². The number of hydrogen-bond acceptors (Lipinski definition) is 4. The highest BCUT2D eigenvalue weighted by atomic mass is 16.5. The number of hydrogen-bond donors (Lipinski definition) is 1. The van der Waals surface area contributed by atoms with E-state index in [1.807, 2.05) is 13.8 Å². The first kappa shape index (κ1) is 16.0. The number of carbonyl (C=O) groups excluding carboxylic acids is 2. The minimum Gasteiger partial charge on any atom is -0.468 e. The molecule has 1 heterocycles. The van der Waals surface area contributed by atoms with Crippen molar-refractivity contribution in [3.63, 3.8) is 0 Å². The normalized spacial score (nSPS) is 22.9. The van der Waals surface area contributed by atoms with Gasteiger partial charge in [0.25, 0.3) is 0 Å². The first-order valence-corrected chi connectivity index (χ1v) is 6.93. The van der Waals surface area contributed by atoms with E-state index in [1.54, 1.807) is 4.90 Å². The maximum Gasteiger partial charge on any atom is 0.325 e. The molecule has 0 saturated carbocycles. The van der Waals surface area contributed by atoms with E-state index < -0.39 is 5.41 Å². The molecule has 0 aromatic heterocycles. The van der Waals surface area contributed by atoms with Gasteiger partial charge in [0.15, 0.2) is 0 Å². The third-order valence-electron chi connectivity index (χ3n) is 4.13. The summed E-state index contributed by atoms with van der Waals surface area (Å²) in [6.07, 6.45) is 0.827. The predicted molar refractivity (Wildman–Crippen MR) is 73.6 cm³/mol. The minimum atomic E-state index is -0.391. The lowest BCUT2D eigenvalue weighted by atomic mass is 9.75. The number of methoxy groups -OCH3 is 1. The maximum atomic E-state index is 12.9. The summed E-state index contributed by atoms with van der Waals surface area (Å²) in [7, 11) is 1.35. The molecule has 0 bridgehead atoms. The Hall–Kier alpha value is -1.10. The molecule has 1 N–H and O–H groups in total. The highest BCUT2D eigenvalue weighted by Gasteiger charge is 2.46. The molecule has 0 aromatic carbocycles. The van der Waals surface area contributed by atoms with Crippen LogP contribution in [0.25, 0.3) is 0 Å². The number of nitrogens with zero attached hydrogens (tertiary/aromatic N) is 1. The van der Waals surface area contributed by atoms with Gasteiger partial charge in [0.05, 0.1) is 12.5 Å². The first-order valence-electron chi connectivity index (χ1n) is 6.93. The van der Waals surface area contributed by atoms with Crippen LogP contribution in [0.5, 0.6) is 0 Å². The van der Waals surface area contributed by atoms with Gasteiger partial charge in [-0.1, -0.05) is 13.8 Å². The standard InChI is InChI=1S/C14H26N2O3/c1-10(2)14(6-7-15-9-14)13(18)16(11(3)4)8-12(17)19-5/h10-11,15H,6-9H2,1-5H3. The van der Waals surface area contributed by atoms with Crippen LogP contribution >= 0.6 is 0 Å². The van der Waals surface area contributed by atoms with Crippen molar-refractivity contribution in [3.8, 4) is 0 Å². The van der Waals surface area contributed by atoms with Crippen LogP contribution in [0.2, 0.25) is 0 Å². The molecule has 5 nitrogen and oxygen atoms in total. The fourth-order valence-electron chi connectivity index (χ4n) is 2.61. The summed E-state index contributed by atoms with van der Waals surface area (Å²) >= 11 is 0. The van der Waals surface area contributed by atoms with Gasteiger partial charge in [-0.3, -0.25) is 9.59 Å². The lowest BCUT2D eigenvalue weighted by molar-refractivity contribution is -0.154. The SMILES string of the molecule is COC(=O)CN(C(=O)C1(C(C)C)CCNC1)C(C)C. The Balaban J connectivity index is 2.94. The van der Waals surface area contributed by atoms with Crippen LogP contribution in [-0.2, 0) is 14.3 Å². The molecule has 110 valence electrons. The van der Waals surface area contributed by atoms with Crippen LogP contribution < -0.4 is 5.32 Å². The Morgan fingerprint density at radius 1 is 1.32 bits per heavy atom. The molecule has 1 fully saturated rings. The van der Waals surface area contributed by atoms with E-state index in [9.17, 15) is 9.59 Å². The Labute approximate surface area is 115 Å². The van der Waals surface area contributed by atoms with Crippen molar-refractivity contribution in [1.29, 1.82) is 0 Å². The van der Waals surface area contributed by atoms with Crippen LogP contribution in [0.15, 0.2) is 0 Å². The minimum absolute atomic E-state index is 0.0113. The Morgan fingerprint density at radius 2 is 1.95 bits per heavy atom. The van der Waals surface area contributed by atoms with Gasteiger partial charge in [-0.2, -0.15) is 0 Å². The van der Waals surface area contributed by atoms with Gasteiger partial charge in [0, 0.05) is 12.6 Å². The largest absolute Gasteiger partial charge is 0.468 e. The van der Waals surface area contributed by atoms with Crippen LogP contribution in [0.1, 0.15) is 34.1 Å². The smallest absolute Gasteiger partial charge is 0.325 e. The van der Waals surface area contributed by atoms with E-state index in [4.69, 9.17) is 0 Å². The van der Waals surface area contributed by atoms with E-state index in [-0.39, 0.29) is 30.4 Å². The highest BCUT2D eigenvalue weighted by molar-refractivity contribution is 5.87. The number of ether oxygens (including phenoxy) is 1. The van der Waals surface area contributed by atoms with Crippen LogP contribution in [0.3, 0.4) is 0 Å². The van der Waals surface area contributed by atoms with Gasteiger partial charge in [-0.25, -0.2) is 0 Å². The van der Waals surface area contributed by atoms with E-state index in [0.717, 1.165) is 13.0 Å². The summed E-state index contributed by atoms with van der Waals surface area (Å²) < 4.78 is 4.69. The van der Waals surface area contributed by atoms with E-state index >= 15 is 0 Å². The summed E-state index contributed by atoms with van der Waals surface area (Å²) in [6, 6.07) is -0.0113. The van der Waals surface area contributed by atoms with Crippen LogP contribution in [0, 0.1) is 11.3 Å². The lowest BCUT2D eigenvalue weighted by Crippen LogP contribution is -2.52. The van der Waals surface area contributed by atoms with E-state index in [1.165, 1.54) is 7.11 Å². The maximum absolute atomic E-state index is 12.9. The molecule has 19 heavy (non-hydrogen) atoms. The zero-order valence-electron chi connectivity index (χ0n) is 12.7. The average molecular weight is 270 g/mol. The second kappa shape index (κ2) is 6.37. The molecule has 0 radical (unpaired) electrons. The highest BCUT2D eigenvalue weighted by Crippen LogP contribution is 2.36. The molecule has 1 rings (SSSR count). The van der Waals surface area contributed by atoms with Gasteiger partial charge < -0.3 is 15.0 Å². The van der Waals surface area contributed by atoms with E-state index in [0.29, 0.717) is 6.54 Å². The Bertz CT molecular complexity index is 334. The van der Waals surface area contributed by atoms with Crippen molar-refractivity contribution in [1.82, 2.24) is 10.2 Å². The molecule has 0 spiro atoms. The Kier molecular flexibility index (Phi) is 5.35. The lowest BCUT2D eigenvalue weighted by Gasteiger charge is -2.38. The summed E-state index contributed by atoms with van der Waals surface area (Å²) in [5.74, 6) is -0.0614. The molecule has 1 unspecified atom stereocenters. The number of carbonyl (C=O) groups is 2. The zero-order chi connectivity index (χ0) is 14.6. The topological polar surface area (TPSA) is 58.6 Å². The molecule has 1 atom stereocenters. The van der Waals surface area contributed by atoms with E-state index in [2.05, 4.69) is 23.9 Å². The summed E-state index contributed by atoms with van der Waals surface area (Å²) in [6.45, 7) is 9.57. The number of amides is 1. The molecule has 0 aliphatic carbocycles. The summed E-state index contributed by atoms with van der Waals surface area (Å²) in [5, 5.41) is 3.27. The molecule has 1 aliphatic rings. The zero-order valence-corrected chi connectivity index (χ0v) is 12.7. The van der Waals surface area contributed by atoms with Gasteiger partial charge >= 0.3 is 5.97 Å². The molecule has 1 amide bonds. The molecule has 1 saturated heterocycles. The summed E-state index contributed by atoms with van der Waals surface area (Å²) in [4.78, 5) is 26.0. The fraction of sp³-hybridized carbons (Fsp3) is 0.857. The van der Waals surface area contributed by atoms with Crippen LogP contribution in [0.4, 0.5) is 0 Å². The quantitative estimate of drug-likeness (QED) is 0.758. The van der Waals surface area contributed by atoms with Gasteiger partial charge in [-0.05, 0) is 32.7 Å². The predicted octanol–water partition coefficient (Wildman–Crippen LogP) is 1.03. The van der Waals surface area contributed by atoms with Crippen molar-refractivity contribution in [2.24, 2.45) is 11.3 Å². The molecule has 0 aromatic rings. The first-order chi connectivity index (χ1) is 8.85. The third kappa shape index (κ3) is 3.26. The average Bonchev–Trinajstić information content (AvgIpc) is 2.84. The number of esters is 1. The van der Waals surface area contributed by atoms with Crippen molar-refractivity contribution in [3.05, 3.63) is 0 Å². The second-order valence-electron chi connectivity index (χ2n) is 5.84. The van der Waals surface area contributed by atoms with Crippen molar-refractivity contribution < 1.29 is 14.3 Å². The number of rotatable bonds is 5. The van der Waals surface area contributed by atoms with Crippen molar-refractivity contribution in [2.45, 2.75) is 40.2 Å². The monoisotopic (exact) mass is 270 g/mol. The van der Waals surface area contributed by atoms with Crippen LogP contribution in [-0.4, -0.2) is 49.6 Å². The van der Waals surface area contributed by atoms with Crippen molar-refractivity contribution >= 4 is 11.9 Å².